The highest BCUT2D eigenvalue weighted by Gasteiger charge is 2.08. The Labute approximate surface area is 124 Å². The van der Waals surface area contributed by atoms with E-state index in [-0.39, 0.29) is 0 Å². The maximum absolute atomic E-state index is 4.85. The van der Waals surface area contributed by atoms with E-state index in [0.717, 1.165) is 17.6 Å². The largest absolute Gasteiger partial charge is 0.247 e. The molecule has 1 aliphatic rings. The lowest BCUT2D eigenvalue weighted by Crippen LogP contribution is -1.92. The van der Waals surface area contributed by atoms with Crippen molar-refractivity contribution in [2.24, 2.45) is 0 Å². The Morgan fingerprint density at radius 2 is 2.00 bits per heavy atom. The van der Waals surface area contributed by atoms with Gasteiger partial charge >= 0.3 is 0 Å². The molecule has 2 aromatic rings. The highest BCUT2D eigenvalue weighted by Crippen LogP contribution is 2.32. The zero-order chi connectivity index (χ0) is 13.9. The molecule has 0 saturated heterocycles. The van der Waals surface area contributed by atoms with Crippen LogP contribution in [0.25, 0.3) is 15.8 Å². The van der Waals surface area contributed by atoms with Crippen LogP contribution in [0.2, 0.25) is 0 Å². The van der Waals surface area contributed by atoms with Crippen molar-refractivity contribution in [2.75, 3.05) is 0 Å². The van der Waals surface area contributed by atoms with Crippen molar-refractivity contribution in [2.45, 2.75) is 33.1 Å². The summed E-state index contributed by atoms with van der Waals surface area (Å²) >= 11 is 1.79. The van der Waals surface area contributed by atoms with E-state index in [4.69, 9.17) is 4.98 Å². The number of rotatable bonds is 1. The number of pyridine rings is 1. The topological polar surface area (TPSA) is 12.9 Å². The van der Waals surface area contributed by atoms with Crippen molar-refractivity contribution in [3.63, 3.8) is 0 Å². The quantitative estimate of drug-likeness (QED) is 0.672. The Balaban J connectivity index is 2.08. The number of thioether (sulfide) groups is 1. The Bertz CT molecular complexity index is 698. The van der Waals surface area contributed by atoms with Crippen LogP contribution in [0, 0.1) is 13.8 Å². The second-order valence-corrected chi connectivity index (χ2v) is 6.28. The van der Waals surface area contributed by atoms with Crippen LogP contribution in [0.3, 0.4) is 0 Å². The van der Waals surface area contributed by atoms with E-state index in [1.807, 2.05) is 0 Å². The molecule has 1 aliphatic heterocycles. The summed E-state index contributed by atoms with van der Waals surface area (Å²) < 4.78 is 0. The lowest BCUT2D eigenvalue weighted by atomic mass is 10.1. The van der Waals surface area contributed by atoms with Crippen LogP contribution < -0.4 is 0 Å². The van der Waals surface area contributed by atoms with Gasteiger partial charge in [-0.3, -0.25) is 0 Å². The van der Waals surface area contributed by atoms with Crippen LogP contribution in [-0.2, 0) is 0 Å². The predicted molar refractivity (Wildman–Crippen MR) is 89.8 cm³/mol. The van der Waals surface area contributed by atoms with E-state index in [2.05, 4.69) is 55.7 Å². The molecular weight excluding hydrogens is 262 g/mol. The Hall–Kier alpha value is -1.54. The van der Waals surface area contributed by atoms with Crippen LogP contribution in [0.1, 0.15) is 36.1 Å². The number of benzene rings is 1. The monoisotopic (exact) mass is 281 g/mol. The summed E-state index contributed by atoms with van der Waals surface area (Å²) in [6, 6.07) is 8.71. The van der Waals surface area contributed by atoms with E-state index in [9.17, 15) is 0 Å². The van der Waals surface area contributed by atoms with Gasteiger partial charge in [-0.05, 0) is 62.3 Å². The first kappa shape index (κ1) is 13.4. The molecule has 1 aromatic heterocycles. The Morgan fingerprint density at radius 1 is 1.10 bits per heavy atom. The van der Waals surface area contributed by atoms with Gasteiger partial charge in [-0.15, -0.1) is 0 Å². The van der Waals surface area contributed by atoms with Gasteiger partial charge < -0.3 is 0 Å². The zero-order valence-electron chi connectivity index (χ0n) is 12.0. The molecule has 2 heteroatoms. The third-order valence-corrected chi connectivity index (χ3v) is 4.58. The van der Waals surface area contributed by atoms with E-state index in [1.165, 1.54) is 34.3 Å². The fourth-order valence-electron chi connectivity index (χ4n) is 2.51. The molecule has 0 spiro atoms. The summed E-state index contributed by atoms with van der Waals surface area (Å²) in [5.41, 5.74) is 4.80. The number of fused-ring (bicyclic) bond motifs is 1. The van der Waals surface area contributed by atoms with Crippen LogP contribution >= 0.6 is 11.8 Å². The average molecular weight is 281 g/mol. The molecule has 3 rings (SSSR count). The fraction of sp³-hybridized carbons (Fsp3) is 0.278. The van der Waals surface area contributed by atoms with Gasteiger partial charge in [0.2, 0.25) is 0 Å². The van der Waals surface area contributed by atoms with Gasteiger partial charge in [0.25, 0.3) is 0 Å². The summed E-state index contributed by atoms with van der Waals surface area (Å²) in [6.07, 6.45) is 8.14. The Morgan fingerprint density at radius 3 is 2.90 bits per heavy atom. The van der Waals surface area contributed by atoms with Crippen molar-refractivity contribution in [1.29, 1.82) is 0 Å². The van der Waals surface area contributed by atoms with Crippen LogP contribution in [0.4, 0.5) is 0 Å². The third kappa shape index (κ3) is 2.80. The lowest BCUT2D eigenvalue weighted by Gasteiger charge is -2.10. The van der Waals surface area contributed by atoms with Crippen molar-refractivity contribution in [3.8, 4) is 0 Å². The number of allylic oxidation sites excluding steroid dienone is 2. The normalized spacial score (nSPS) is 20.0. The average Bonchev–Trinajstić information content (AvgIpc) is 2.39. The number of aryl methyl sites for hydroxylation is 2. The van der Waals surface area contributed by atoms with E-state index in [1.54, 1.807) is 11.8 Å². The van der Waals surface area contributed by atoms with Crippen molar-refractivity contribution < 1.29 is 0 Å². The van der Waals surface area contributed by atoms with Crippen LogP contribution in [0.5, 0.6) is 0 Å². The third-order valence-electron chi connectivity index (χ3n) is 3.62. The zero-order valence-corrected chi connectivity index (χ0v) is 12.8. The highest BCUT2D eigenvalue weighted by molar-refractivity contribution is 8.10. The minimum Gasteiger partial charge on any atom is -0.247 e. The predicted octanol–water partition coefficient (Wildman–Crippen LogP) is 5.62. The summed E-state index contributed by atoms with van der Waals surface area (Å²) in [7, 11) is 0. The molecule has 2 heterocycles. The molecule has 1 nitrogen and oxygen atoms in total. The minimum absolute atomic E-state index is 1.10. The molecule has 1 aromatic carbocycles. The number of aromatic nitrogens is 1. The lowest BCUT2D eigenvalue weighted by molar-refractivity contribution is 0.870. The Kier molecular flexibility index (Phi) is 3.93. The first-order valence-electron chi connectivity index (χ1n) is 7.14. The number of nitrogens with zero attached hydrogens (tertiary/aromatic N) is 1. The first-order chi connectivity index (χ1) is 9.74. The molecule has 0 N–H and O–H groups in total. The molecular formula is C18H19NS. The molecule has 0 unspecified atom stereocenters. The highest BCUT2D eigenvalue weighted by atomic mass is 32.2. The van der Waals surface area contributed by atoms with Gasteiger partial charge in [0, 0.05) is 10.3 Å². The maximum atomic E-state index is 4.85. The van der Waals surface area contributed by atoms with Gasteiger partial charge in [0.15, 0.2) is 0 Å². The first-order valence-corrected chi connectivity index (χ1v) is 8.02. The van der Waals surface area contributed by atoms with Crippen molar-refractivity contribution in [3.05, 3.63) is 58.6 Å². The number of hydrogen-bond donors (Lipinski definition) is 0. The fourth-order valence-corrected chi connectivity index (χ4v) is 3.32. The summed E-state index contributed by atoms with van der Waals surface area (Å²) in [5, 5.41) is 3.46. The second kappa shape index (κ2) is 5.84. The van der Waals surface area contributed by atoms with E-state index in [0.29, 0.717) is 0 Å². The molecule has 0 atom stereocenters. The van der Waals surface area contributed by atoms with E-state index >= 15 is 0 Å². The van der Waals surface area contributed by atoms with Crippen molar-refractivity contribution in [1.82, 2.24) is 4.98 Å². The molecule has 0 saturated carbocycles. The van der Waals surface area contributed by atoms with E-state index < -0.39 is 0 Å². The second-order valence-electron chi connectivity index (χ2n) is 5.33. The van der Waals surface area contributed by atoms with Gasteiger partial charge in [-0.2, -0.15) is 0 Å². The number of hydrogen-bond acceptors (Lipinski definition) is 2. The van der Waals surface area contributed by atoms with Gasteiger partial charge in [-0.1, -0.05) is 35.5 Å². The minimum atomic E-state index is 1.10. The van der Waals surface area contributed by atoms with Crippen LogP contribution in [-0.4, -0.2) is 4.98 Å². The molecule has 0 fully saturated rings. The standard InChI is InChI=1S/C18H19NS/c1-13-8-9-16-15(11-13)14(2)12-17(19-16)18-7-5-3-4-6-10-20-18/h6-12H,3-5H2,1-2H3/b10-6+,18-7-. The summed E-state index contributed by atoms with van der Waals surface area (Å²) in [5.74, 6) is 0. The van der Waals surface area contributed by atoms with Gasteiger partial charge in [0.1, 0.15) is 0 Å². The molecule has 0 amide bonds. The maximum Gasteiger partial charge on any atom is 0.0775 e. The molecule has 0 radical (unpaired) electrons. The SMILES string of the molecule is Cc1ccc2nc(/C3=C/CCC/C=C/S3)cc(C)c2c1. The van der Waals surface area contributed by atoms with Gasteiger partial charge in [-0.25, -0.2) is 4.98 Å². The smallest absolute Gasteiger partial charge is 0.0775 e. The summed E-state index contributed by atoms with van der Waals surface area (Å²) in [4.78, 5) is 6.13. The van der Waals surface area contributed by atoms with Crippen LogP contribution in [0.15, 0.2) is 41.8 Å². The van der Waals surface area contributed by atoms with Crippen molar-refractivity contribution >= 4 is 27.6 Å². The van der Waals surface area contributed by atoms with Gasteiger partial charge in [0.05, 0.1) is 11.2 Å². The molecule has 0 aliphatic carbocycles. The molecule has 20 heavy (non-hydrogen) atoms. The molecule has 0 bridgehead atoms. The molecule has 102 valence electrons. The summed E-state index contributed by atoms with van der Waals surface area (Å²) in [6.45, 7) is 4.31.